The van der Waals surface area contributed by atoms with Crippen molar-refractivity contribution in [2.45, 2.75) is 39.8 Å². The molecule has 0 saturated carbocycles. The van der Waals surface area contributed by atoms with Gasteiger partial charge in [0, 0.05) is 18.8 Å². The molecule has 2 aromatic carbocycles. The Bertz CT molecular complexity index is 1110. The summed E-state index contributed by atoms with van der Waals surface area (Å²) in [6, 6.07) is 13.3. The van der Waals surface area contributed by atoms with E-state index in [1.54, 1.807) is 13.0 Å². The van der Waals surface area contributed by atoms with Gasteiger partial charge in [-0.3, -0.25) is 14.5 Å². The lowest BCUT2D eigenvalue weighted by Gasteiger charge is -2.47. The molecule has 1 N–H and O–H groups in total. The molecule has 0 radical (unpaired) electrons. The van der Waals surface area contributed by atoms with E-state index in [2.05, 4.69) is 5.32 Å². The molecule has 1 aliphatic heterocycles. The minimum atomic E-state index is -3.65. The Hall–Kier alpha value is -2.71. The molecule has 1 unspecified atom stereocenters. The van der Waals surface area contributed by atoms with Crippen LogP contribution in [0.1, 0.15) is 29.2 Å². The molecule has 1 fully saturated rings. The third-order valence-electron chi connectivity index (χ3n) is 5.89. The molecule has 0 bridgehead atoms. The lowest BCUT2D eigenvalue weighted by molar-refractivity contribution is -0.133. The van der Waals surface area contributed by atoms with Crippen LogP contribution in [0, 0.1) is 20.8 Å². The van der Waals surface area contributed by atoms with Gasteiger partial charge < -0.3 is 5.32 Å². The average Bonchev–Trinajstić information content (AvgIpc) is 2.69. The van der Waals surface area contributed by atoms with E-state index < -0.39 is 27.4 Å². The summed E-state index contributed by atoms with van der Waals surface area (Å²) in [6.07, 6.45) is 1.05. The summed E-state index contributed by atoms with van der Waals surface area (Å²) < 4.78 is 25.6. The largest absolute Gasteiger partial charge is 0.350 e. The van der Waals surface area contributed by atoms with Crippen molar-refractivity contribution in [3.63, 3.8) is 0 Å². The first kappa shape index (κ1) is 23.0. The highest BCUT2D eigenvalue weighted by atomic mass is 32.2. The molecule has 8 heteroatoms. The topological polar surface area (TPSA) is 86.8 Å². The number of benzene rings is 2. The summed E-state index contributed by atoms with van der Waals surface area (Å²) in [5.41, 5.74) is 3.11. The number of hydrogen-bond donors (Lipinski definition) is 1. The number of piperazine rings is 1. The highest BCUT2D eigenvalue weighted by Crippen LogP contribution is 2.33. The van der Waals surface area contributed by atoms with Gasteiger partial charge in [-0.1, -0.05) is 42.0 Å². The molecule has 1 aliphatic rings. The Labute approximate surface area is 184 Å². The van der Waals surface area contributed by atoms with Crippen LogP contribution in [0.4, 0.5) is 5.69 Å². The zero-order valence-electron chi connectivity index (χ0n) is 18.6. The van der Waals surface area contributed by atoms with Crippen LogP contribution in [0.5, 0.6) is 0 Å². The second-order valence-corrected chi connectivity index (χ2v) is 10.4. The summed E-state index contributed by atoms with van der Waals surface area (Å²) in [5, 5.41) is 2.90. The lowest BCUT2D eigenvalue weighted by Crippen LogP contribution is -2.70. The number of carbonyl (C=O) groups excluding carboxylic acids is 2. The Morgan fingerprint density at radius 3 is 2.35 bits per heavy atom. The van der Waals surface area contributed by atoms with Gasteiger partial charge in [-0.25, -0.2) is 8.42 Å². The number of carbonyl (C=O) groups is 2. The van der Waals surface area contributed by atoms with E-state index in [4.69, 9.17) is 0 Å². The van der Waals surface area contributed by atoms with Crippen LogP contribution < -0.4 is 10.2 Å². The van der Waals surface area contributed by atoms with Crippen LogP contribution in [0.15, 0.2) is 42.5 Å². The summed E-state index contributed by atoms with van der Waals surface area (Å²) in [5.74, 6) is -0.839. The van der Waals surface area contributed by atoms with Crippen LogP contribution in [0.3, 0.4) is 0 Å². The molecule has 0 aliphatic carbocycles. The predicted octanol–water partition coefficient (Wildman–Crippen LogP) is 2.30. The van der Waals surface area contributed by atoms with Crippen molar-refractivity contribution < 1.29 is 18.0 Å². The molecule has 1 saturated heterocycles. The quantitative estimate of drug-likeness (QED) is 0.768. The predicted molar refractivity (Wildman–Crippen MR) is 121 cm³/mol. The third-order valence-corrected chi connectivity index (χ3v) is 7.08. The van der Waals surface area contributed by atoms with Gasteiger partial charge in [0.05, 0.1) is 12.8 Å². The van der Waals surface area contributed by atoms with Crippen LogP contribution in [0.2, 0.25) is 0 Å². The maximum Gasteiger partial charge on any atom is 0.247 e. The molecular formula is C23H29N3O4S. The van der Waals surface area contributed by atoms with E-state index in [-0.39, 0.29) is 19.6 Å². The van der Waals surface area contributed by atoms with Gasteiger partial charge in [-0.2, -0.15) is 4.31 Å². The highest BCUT2D eigenvalue weighted by Gasteiger charge is 2.50. The van der Waals surface area contributed by atoms with E-state index in [0.717, 1.165) is 32.8 Å². The first-order chi connectivity index (χ1) is 14.4. The van der Waals surface area contributed by atoms with Crippen molar-refractivity contribution in [1.82, 2.24) is 9.62 Å². The number of rotatable bonds is 5. The fourth-order valence-corrected chi connectivity index (χ4v) is 4.66. The van der Waals surface area contributed by atoms with Gasteiger partial charge >= 0.3 is 0 Å². The lowest BCUT2D eigenvalue weighted by atomic mass is 9.93. The van der Waals surface area contributed by atoms with E-state index in [9.17, 15) is 18.0 Å². The standard InChI is InChI=1S/C23H29N3O4S/c1-16-9-11-19(12-10-16)13-24-22(28)23(4)15-25(31(5,29)30)14-21(27)26(23)20-8-6-7-17(2)18(20)3/h6-12H,13-15H2,1-5H3,(H,24,28). The number of hydrogen-bond acceptors (Lipinski definition) is 4. The summed E-state index contributed by atoms with van der Waals surface area (Å²) >= 11 is 0. The van der Waals surface area contributed by atoms with Gasteiger partial charge in [-0.05, 0) is 50.5 Å². The van der Waals surface area contributed by atoms with E-state index in [1.807, 2.05) is 57.2 Å². The molecule has 166 valence electrons. The van der Waals surface area contributed by atoms with Gasteiger partial charge in [0.1, 0.15) is 5.54 Å². The Morgan fingerprint density at radius 1 is 1.10 bits per heavy atom. The second-order valence-electron chi connectivity index (χ2n) is 8.42. The normalized spacial score (nSPS) is 20.0. The monoisotopic (exact) mass is 443 g/mol. The smallest absolute Gasteiger partial charge is 0.247 e. The molecular weight excluding hydrogens is 414 g/mol. The second kappa shape index (κ2) is 8.43. The first-order valence-corrected chi connectivity index (χ1v) is 12.0. The number of amides is 2. The molecule has 7 nitrogen and oxygen atoms in total. The molecule has 31 heavy (non-hydrogen) atoms. The SMILES string of the molecule is Cc1ccc(CNC(=O)C2(C)CN(S(C)(=O)=O)CC(=O)N2c2cccc(C)c2C)cc1. The minimum absolute atomic E-state index is 0.120. The van der Waals surface area contributed by atoms with Crippen molar-refractivity contribution >= 4 is 27.5 Å². The number of aryl methyl sites for hydroxylation is 2. The molecule has 3 rings (SSSR count). The Morgan fingerprint density at radius 2 is 1.74 bits per heavy atom. The van der Waals surface area contributed by atoms with E-state index >= 15 is 0 Å². The molecule has 0 spiro atoms. The molecule has 2 aromatic rings. The summed E-state index contributed by atoms with van der Waals surface area (Å²) in [6.45, 7) is 7.30. The molecule has 1 heterocycles. The number of anilines is 1. The van der Waals surface area contributed by atoms with Crippen molar-refractivity contribution in [3.05, 3.63) is 64.7 Å². The molecule has 0 aromatic heterocycles. The van der Waals surface area contributed by atoms with Crippen LogP contribution in [0.25, 0.3) is 0 Å². The number of nitrogens with zero attached hydrogens (tertiary/aromatic N) is 2. The third kappa shape index (κ3) is 4.65. The van der Waals surface area contributed by atoms with E-state index in [1.165, 1.54) is 4.90 Å². The van der Waals surface area contributed by atoms with Crippen molar-refractivity contribution in [3.8, 4) is 0 Å². The van der Waals surface area contributed by atoms with Crippen LogP contribution in [-0.4, -0.2) is 49.4 Å². The molecule has 2 amide bonds. The van der Waals surface area contributed by atoms with Crippen molar-refractivity contribution in [1.29, 1.82) is 0 Å². The zero-order chi connectivity index (χ0) is 23.0. The fourth-order valence-electron chi connectivity index (χ4n) is 3.83. The number of nitrogens with one attached hydrogen (secondary N) is 1. The number of sulfonamides is 1. The van der Waals surface area contributed by atoms with Gasteiger partial charge in [0.2, 0.25) is 21.8 Å². The Balaban J connectivity index is 1.99. The van der Waals surface area contributed by atoms with Gasteiger partial charge in [0.25, 0.3) is 0 Å². The summed E-state index contributed by atoms with van der Waals surface area (Å²) in [4.78, 5) is 28.1. The van der Waals surface area contributed by atoms with Crippen LogP contribution >= 0.6 is 0 Å². The maximum absolute atomic E-state index is 13.4. The molecule has 1 atom stereocenters. The maximum atomic E-state index is 13.4. The highest BCUT2D eigenvalue weighted by molar-refractivity contribution is 7.88. The zero-order valence-corrected chi connectivity index (χ0v) is 19.4. The van der Waals surface area contributed by atoms with Gasteiger partial charge in [-0.15, -0.1) is 0 Å². The fraction of sp³-hybridized carbons (Fsp3) is 0.391. The van der Waals surface area contributed by atoms with Crippen molar-refractivity contribution in [2.75, 3.05) is 24.2 Å². The average molecular weight is 444 g/mol. The summed E-state index contributed by atoms with van der Waals surface area (Å²) in [7, 11) is -3.65. The first-order valence-electron chi connectivity index (χ1n) is 10.1. The van der Waals surface area contributed by atoms with Gasteiger partial charge in [0.15, 0.2) is 0 Å². The van der Waals surface area contributed by atoms with Crippen LogP contribution in [-0.2, 0) is 26.2 Å². The minimum Gasteiger partial charge on any atom is -0.350 e. The van der Waals surface area contributed by atoms with E-state index in [0.29, 0.717) is 5.69 Å². The van der Waals surface area contributed by atoms with Crippen molar-refractivity contribution in [2.24, 2.45) is 0 Å². The Kier molecular flexibility index (Phi) is 6.25.